The van der Waals surface area contributed by atoms with E-state index in [9.17, 15) is 22.4 Å². The second-order valence-electron chi connectivity index (χ2n) is 4.34. The predicted octanol–water partition coefficient (Wildman–Crippen LogP) is 3.86. The Balaban J connectivity index is 1.91. The van der Waals surface area contributed by atoms with Crippen LogP contribution in [-0.2, 0) is 11.0 Å². The summed E-state index contributed by atoms with van der Waals surface area (Å²) >= 11 is 0. The number of carbonyl (C=O) groups excluding carboxylic acids is 1. The summed E-state index contributed by atoms with van der Waals surface area (Å²) in [5.74, 6) is -1.29. The normalized spacial score (nSPS) is 11.1. The maximum atomic E-state index is 13.3. The molecule has 1 N–H and O–H groups in total. The minimum atomic E-state index is -4.43. The second-order valence-corrected chi connectivity index (χ2v) is 4.34. The number of anilines is 1. The molecule has 0 atom stereocenters. The zero-order valence-corrected chi connectivity index (χ0v) is 11.2. The van der Waals surface area contributed by atoms with E-state index < -0.39 is 30.1 Å². The first kappa shape index (κ1) is 15.8. The molecule has 0 saturated heterocycles. The van der Waals surface area contributed by atoms with Gasteiger partial charge in [-0.25, -0.2) is 4.39 Å². The molecule has 0 aliphatic heterocycles. The van der Waals surface area contributed by atoms with E-state index in [1.807, 2.05) is 0 Å². The third kappa shape index (κ3) is 4.21. The summed E-state index contributed by atoms with van der Waals surface area (Å²) in [6, 6.07) is 9.54. The summed E-state index contributed by atoms with van der Waals surface area (Å²) in [6.07, 6.45) is -4.43. The van der Waals surface area contributed by atoms with Gasteiger partial charge in [0.05, 0.1) is 5.56 Å². The van der Waals surface area contributed by atoms with Gasteiger partial charge in [-0.15, -0.1) is 0 Å². The van der Waals surface area contributed by atoms with E-state index in [-0.39, 0.29) is 11.4 Å². The number of nitrogens with one attached hydrogen (secondary N) is 1. The number of benzene rings is 2. The summed E-state index contributed by atoms with van der Waals surface area (Å²) in [7, 11) is 0. The Morgan fingerprint density at radius 3 is 2.27 bits per heavy atom. The third-order valence-electron chi connectivity index (χ3n) is 2.69. The van der Waals surface area contributed by atoms with E-state index in [0.717, 1.165) is 24.3 Å². The minimum absolute atomic E-state index is 0.0786. The molecule has 3 nitrogen and oxygen atoms in total. The molecule has 0 aliphatic rings. The molecule has 0 fully saturated rings. The van der Waals surface area contributed by atoms with E-state index in [1.165, 1.54) is 18.2 Å². The molecule has 2 aromatic rings. The van der Waals surface area contributed by atoms with Crippen LogP contribution in [0.25, 0.3) is 0 Å². The first-order chi connectivity index (χ1) is 10.4. The maximum Gasteiger partial charge on any atom is 0.416 e. The number of carbonyl (C=O) groups is 1. The first-order valence-electron chi connectivity index (χ1n) is 6.21. The van der Waals surface area contributed by atoms with Crippen molar-refractivity contribution in [3.63, 3.8) is 0 Å². The molecule has 7 heteroatoms. The average molecular weight is 313 g/mol. The molecular formula is C15H11F4NO2. The van der Waals surface area contributed by atoms with Crippen LogP contribution >= 0.6 is 0 Å². The van der Waals surface area contributed by atoms with Gasteiger partial charge in [-0.05, 0) is 36.4 Å². The molecule has 0 radical (unpaired) electrons. The van der Waals surface area contributed by atoms with Gasteiger partial charge in [-0.2, -0.15) is 13.2 Å². The summed E-state index contributed by atoms with van der Waals surface area (Å²) in [5.41, 5.74) is -0.622. The minimum Gasteiger partial charge on any atom is -0.481 e. The average Bonchev–Trinajstić information content (AvgIpc) is 2.46. The molecule has 2 aromatic carbocycles. The molecule has 2 rings (SSSR count). The van der Waals surface area contributed by atoms with Crippen LogP contribution in [0.5, 0.6) is 5.75 Å². The van der Waals surface area contributed by atoms with Crippen LogP contribution in [0, 0.1) is 5.82 Å². The molecule has 0 spiro atoms. The predicted molar refractivity (Wildman–Crippen MR) is 72.0 cm³/mol. The maximum absolute atomic E-state index is 13.3. The van der Waals surface area contributed by atoms with Gasteiger partial charge in [-0.1, -0.05) is 12.1 Å². The summed E-state index contributed by atoms with van der Waals surface area (Å²) in [4.78, 5) is 11.6. The molecule has 0 aliphatic carbocycles. The van der Waals surface area contributed by atoms with E-state index in [4.69, 9.17) is 4.74 Å². The smallest absolute Gasteiger partial charge is 0.416 e. The Labute approximate surface area is 123 Å². The van der Waals surface area contributed by atoms with Crippen LogP contribution in [0.2, 0.25) is 0 Å². The van der Waals surface area contributed by atoms with Crippen LogP contribution < -0.4 is 10.1 Å². The monoisotopic (exact) mass is 313 g/mol. The largest absolute Gasteiger partial charge is 0.481 e. The molecule has 0 heterocycles. The molecule has 1 amide bonds. The van der Waals surface area contributed by atoms with Gasteiger partial charge in [0.25, 0.3) is 5.91 Å². The lowest BCUT2D eigenvalue weighted by atomic mass is 10.2. The SMILES string of the molecule is O=C(COc1ccccc1F)Nc1ccc(C(F)(F)F)cc1. The van der Waals surface area contributed by atoms with Gasteiger partial charge in [-0.3, -0.25) is 4.79 Å². The molecular weight excluding hydrogens is 302 g/mol. The number of amides is 1. The molecule has 0 saturated carbocycles. The lowest BCUT2D eigenvalue weighted by Gasteiger charge is -2.10. The van der Waals surface area contributed by atoms with Gasteiger partial charge < -0.3 is 10.1 Å². The number of hydrogen-bond donors (Lipinski definition) is 1. The second kappa shape index (κ2) is 6.46. The molecule has 0 bridgehead atoms. The number of para-hydroxylation sites is 1. The number of hydrogen-bond acceptors (Lipinski definition) is 2. The van der Waals surface area contributed by atoms with E-state index in [1.54, 1.807) is 6.07 Å². The van der Waals surface area contributed by atoms with Crippen LogP contribution in [0.4, 0.5) is 23.2 Å². The number of ether oxygens (including phenoxy) is 1. The van der Waals surface area contributed by atoms with Gasteiger partial charge >= 0.3 is 6.18 Å². The van der Waals surface area contributed by atoms with Crippen molar-refractivity contribution >= 4 is 11.6 Å². The van der Waals surface area contributed by atoms with Crippen molar-refractivity contribution in [3.8, 4) is 5.75 Å². The highest BCUT2D eigenvalue weighted by molar-refractivity contribution is 5.91. The Morgan fingerprint density at radius 1 is 1.05 bits per heavy atom. The standard InChI is InChI=1S/C15H11F4NO2/c16-12-3-1-2-4-13(12)22-9-14(21)20-11-7-5-10(6-8-11)15(17,18)19/h1-8H,9H2,(H,20,21). The summed E-state index contributed by atoms with van der Waals surface area (Å²) < 4.78 is 55.4. The Kier molecular flexibility index (Phi) is 4.65. The van der Waals surface area contributed by atoms with Gasteiger partial charge in [0.2, 0.25) is 0 Å². The van der Waals surface area contributed by atoms with E-state index >= 15 is 0 Å². The molecule has 116 valence electrons. The Bertz CT molecular complexity index is 653. The summed E-state index contributed by atoms with van der Waals surface area (Å²) in [6.45, 7) is -0.456. The van der Waals surface area contributed by atoms with Crippen LogP contribution in [0.15, 0.2) is 48.5 Å². The van der Waals surface area contributed by atoms with E-state index in [0.29, 0.717) is 0 Å². The van der Waals surface area contributed by atoms with Gasteiger partial charge in [0, 0.05) is 5.69 Å². The van der Waals surface area contributed by atoms with Crippen LogP contribution in [0.1, 0.15) is 5.56 Å². The Hall–Kier alpha value is -2.57. The van der Waals surface area contributed by atoms with Crippen molar-refractivity contribution in [3.05, 3.63) is 59.9 Å². The molecule has 22 heavy (non-hydrogen) atoms. The highest BCUT2D eigenvalue weighted by atomic mass is 19.4. The van der Waals surface area contributed by atoms with Crippen molar-refractivity contribution in [2.24, 2.45) is 0 Å². The van der Waals surface area contributed by atoms with Crippen molar-refractivity contribution < 1.29 is 27.1 Å². The van der Waals surface area contributed by atoms with Crippen LogP contribution in [-0.4, -0.2) is 12.5 Å². The van der Waals surface area contributed by atoms with Gasteiger partial charge in [0.15, 0.2) is 18.2 Å². The highest BCUT2D eigenvalue weighted by Crippen LogP contribution is 2.29. The quantitative estimate of drug-likeness (QED) is 0.870. The first-order valence-corrected chi connectivity index (χ1v) is 6.21. The van der Waals surface area contributed by atoms with Crippen molar-refractivity contribution in [1.29, 1.82) is 0 Å². The zero-order chi connectivity index (χ0) is 16.2. The van der Waals surface area contributed by atoms with Crippen molar-refractivity contribution in [1.82, 2.24) is 0 Å². The number of halogens is 4. The van der Waals surface area contributed by atoms with E-state index in [2.05, 4.69) is 5.32 Å². The molecule has 0 unspecified atom stereocenters. The number of rotatable bonds is 4. The lowest BCUT2D eigenvalue weighted by molar-refractivity contribution is -0.137. The van der Waals surface area contributed by atoms with Crippen molar-refractivity contribution in [2.75, 3.05) is 11.9 Å². The highest BCUT2D eigenvalue weighted by Gasteiger charge is 2.29. The topological polar surface area (TPSA) is 38.3 Å². The van der Waals surface area contributed by atoms with Crippen LogP contribution in [0.3, 0.4) is 0 Å². The molecule has 0 aromatic heterocycles. The van der Waals surface area contributed by atoms with Crippen molar-refractivity contribution in [2.45, 2.75) is 6.18 Å². The van der Waals surface area contributed by atoms with Gasteiger partial charge in [0.1, 0.15) is 0 Å². The fraction of sp³-hybridized carbons (Fsp3) is 0.133. The number of alkyl halides is 3. The summed E-state index contributed by atoms with van der Waals surface area (Å²) in [5, 5.41) is 2.36. The third-order valence-corrected chi connectivity index (χ3v) is 2.69. The fourth-order valence-corrected chi connectivity index (χ4v) is 1.64. The Morgan fingerprint density at radius 2 is 1.68 bits per heavy atom. The lowest BCUT2D eigenvalue weighted by Crippen LogP contribution is -2.20. The zero-order valence-electron chi connectivity index (χ0n) is 11.2. The fourth-order valence-electron chi connectivity index (χ4n) is 1.64.